The topological polar surface area (TPSA) is 17.1 Å². The van der Waals surface area contributed by atoms with E-state index in [1.165, 1.54) is 14.7 Å². The molecule has 0 amide bonds. The first kappa shape index (κ1) is 17.7. The maximum atomic E-state index is 13.2. The molecular weight excluding hydrogens is 463 g/mol. The highest BCUT2D eigenvalue weighted by Crippen LogP contribution is 2.54. The molecule has 3 aliphatic carbocycles. The van der Waals surface area contributed by atoms with Crippen molar-refractivity contribution in [3.8, 4) is 0 Å². The molecule has 0 saturated heterocycles. The van der Waals surface area contributed by atoms with E-state index in [-0.39, 0.29) is 11.3 Å². The molecule has 0 aromatic heterocycles. The van der Waals surface area contributed by atoms with Crippen LogP contribution in [0.2, 0.25) is 0 Å². The molecule has 23 heavy (non-hydrogen) atoms. The molecule has 3 heteroatoms. The third-order valence-electron chi connectivity index (χ3n) is 5.44. The normalized spacial score (nSPS) is 28.7. The van der Waals surface area contributed by atoms with Crippen molar-refractivity contribution in [3.05, 3.63) is 45.1 Å². The summed E-state index contributed by atoms with van der Waals surface area (Å²) >= 11 is 5.98. The largest absolute Gasteiger partial charge is 0.298 e. The summed E-state index contributed by atoms with van der Waals surface area (Å²) in [6, 6.07) is 0. The van der Waals surface area contributed by atoms with Crippen LogP contribution in [0.1, 0.15) is 51.9 Å². The van der Waals surface area contributed by atoms with E-state index in [2.05, 4.69) is 75.8 Å². The molecule has 3 rings (SSSR count). The second kappa shape index (κ2) is 7.38. The summed E-state index contributed by atoms with van der Waals surface area (Å²) in [7, 11) is 0. The van der Waals surface area contributed by atoms with E-state index < -0.39 is 0 Å². The van der Waals surface area contributed by atoms with Gasteiger partial charge in [0.1, 0.15) is 5.78 Å². The van der Waals surface area contributed by atoms with Gasteiger partial charge in [-0.2, -0.15) is 0 Å². The number of ketones is 1. The summed E-state index contributed by atoms with van der Waals surface area (Å²) in [5, 5.41) is 0. The average molecular weight is 487 g/mol. The number of allylic oxidation sites excluding steroid dienone is 8. The summed E-state index contributed by atoms with van der Waals surface area (Å²) in [6.45, 7) is 2.18. The van der Waals surface area contributed by atoms with Crippen LogP contribution in [0.25, 0.3) is 0 Å². The smallest absolute Gasteiger partial charge is 0.146 e. The second-order valence-corrected chi connectivity index (χ2v) is 9.41. The molecule has 1 fully saturated rings. The molecule has 0 N–H and O–H groups in total. The van der Waals surface area contributed by atoms with Crippen molar-refractivity contribution in [2.75, 3.05) is 0 Å². The zero-order valence-electron chi connectivity index (χ0n) is 13.7. The van der Waals surface area contributed by atoms with Gasteiger partial charge in [-0.15, -0.1) is 0 Å². The molecule has 0 bridgehead atoms. The van der Waals surface area contributed by atoms with Gasteiger partial charge in [0.05, 0.1) is 0 Å². The summed E-state index contributed by atoms with van der Waals surface area (Å²) in [5.74, 6) is 0.660. The lowest BCUT2D eigenvalue weighted by molar-refractivity contribution is -0.127. The van der Waals surface area contributed by atoms with Crippen LogP contribution >= 0.6 is 38.5 Å². The molecule has 124 valence electrons. The van der Waals surface area contributed by atoms with Crippen LogP contribution in [0.4, 0.5) is 0 Å². The van der Waals surface area contributed by atoms with Gasteiger partial charge in [0, 0.05) is 19.7 Å². The zero-order chi connectivity index (χ0) is 16.4. The van der Waals surface area contributed by atoms with E-state index in [0.29, 0.717) is 10.6 Å². The van der Waals surface area contributed by atoms with Crippen molar-refractivity contribution in [2.45, 2.75) is 56.7 Å². The minimum atomic E-state index is -0.0184. The van der Waals surface area contributed by atoms with Gasteiger partial charge in [-0.05, 0) is 73.6 Å². The Kier molecular flexibility index (Phi) is 5.67. The molecule has 0 aromatic carbocycles. The summed E-state index contributed by atoms with van der Waals surface area (Å²) in [4.78, 5) is 13.6. The minimum absolute atomic E-state index is 0.0184. The van der Waals surface area contributed by atoms with Gasteiger partial charge >= 0.3 is 0 Å². The number of rotatable bonds is 6. The average Bonchev–Trinajstić information content (AvgIpc) is 3.35. The maximum Gasteiger partial charge on any atom is 0.146 e. The Hall–Kier alpha value is -0.160. The van der Waals surface area contributed by atoms with Gasteiger partial charge in [-0.25, -0.2) is 0 Å². The van der Waals surface area contributed by atoms with Gasteiger partial charge in [0.2, 0.25) is 0 Å². The van der Waals surface area contributed by atoms with Crippen molar-refractivity contribution < 1.29 is 4.79 Å². The highest BCUT2D eigenvalue weighted by atomic mass is 127. The molecule has 3 aliphatic rings. The molecule has 0 radical (unpaired) electrons. The Bertz CT molecular complexity index is 607. The monoisotopic (exact) mass is 486 g/mol. The molecule has 0 aromatic rings. The van der Waals surface area contributed by atoms with Crippen molar-refractivity contribution in [3.63, 3.8) is 0 Å². The molecule has 1 saturated carbocycles. The predicted molar refractivity (Wildman–Crippen MR) is 109 cm³/mol. The van der Waals surface area contributed by atoms with Crippen LogP contribution < -0.4 is 0 Å². The predicted octanol–water partition coefficient (Wildman–Crippen LogP) is 6.44. The van der Waals surface area contributed by atoms with Crippen LogP contribution in [-0.2, 0) is 4.79 Å². The molecule has 1 nitrogen and oxygen atoms in total. The summed E-state index contributed by atoms with van der Waals surface area (Å²) in [5.41, 5.74) is 2.73. The van der Waals surface area contributed by atoms with Gasteiger partial charge in [0.15, 0.2) is 0 Å². The summed E-state index contributed by atoms with van der Waals surface area (Å²) < 4.78 is 1.29. The van der Waals surface area contributed by atoms with Crippen LogP contribution in [0.15, 0.2) is 45.1 Å². The quantitative estimate of drug-likeness (QED) is 0.312. The molecule has 2 unspecified atom stereocenters. The second-order valence-electron chi connectivity index (χ2n) is 6.98. The fraction of sp³-hybridized carbons (Fsp3) is 0.550. The first-order chi connectivity index (χ1) is 11.0. The number of carbonyl (C=O) groups excluding carboxylic acids is 1. The van der Waals surface area contributed by atoms with Crippen molar-refractivity contribution >= 4 is 44.3 Å². The lowest BCUT2D eigenvalue weighted by atomic mass is 9.78. The fourth-order valence-electron chi connectivity index (χ4n) is 3.69. The van der Waals surface area contributed by atoms with Crippen LogP contribution in [0, 0.1) is 11.3 Å². The highest BCUT2D eigenvalue weighted by Gasteiger charge is 2.51. The standard InChI is InChI=1S/C20H24BrIO/c1-2-15-13-17(22)7-8-18(15)19(23)20(11-12-20)10-9-14-3-5-16(21)6-4-14/h3-5,7,13,16,18H,2,6,8-12H2,1H3. The number of hydrogen-bond donors (Lipinski definition) is 0. The molecule has 0 heterocycles. The highest BCUT2D eigenvalue weighted by molar-refractivity contribution is 14.1. The van der Waals surface area contributed by atoms with E-state index in [9.17, 15) is 4.79 Å². The van der Waals surface area contributed by atoms with Gasteiger partial charge in [0.25, 0.3) is 0 Å². The van der Waals surface area contributed by atoms with E-state index in [4.69, 9.17) is 0 Å². The third kappa shape index (κ3) is 4.09. The first-order valence-corrected chi connectivity index (χ1v) is 10.7. The number of carbonyl (C=O) groups is 1. The van der Waals surface area contributed by atoms with Gasteiger partial charge in [-0.3, -0.25) is 4.79 Å². The zero-order valence-corrected chi connectivity index (χ0v) is 17.4. The number of hydrogen-bond acceptors (Lipinski definition) is 1. The lowest BCUT2D eigenvalue weighted by Gasteiger charge is -2.26. The van der Waals surface area contributed by atoms with Crippen LogP contribution in [0.5, 0.6) is 0 Å². The SMILES string of the molecule is CCC1=CC(I)=CCC1C(=O)C1(CCC2=CCC(Br)C=C2)CC1. The van der Waals surface area contributed by atoms with Gasteiger partial charge in [-0.1, -0.05) is 58.3 Å². The van der Waals surface area contributed by atoms with Crippen molar-refractivity contribution in [1.82, 2.24) is 0 Å². The Morgan fingerprint density at radius 1 is 1.35 bits per heavy atom. The van der Waals surface area contributed by atoms with Crippen molar-refractivity contribution in [2.24, 2.45) is 11.3 Å². The van der Waals surface area contributed by atoms with E-state index in [1.807, 2.05) is 0 Å². The number of halogens is 2. The Morgan fingerprint density at radius 2 is 2.13 bits per heavy atom. The van der Waals surface area contributed by atoms with Crippen LogP contribution in [0.3, 0.4) is 0 Å². The van der Waals surface area contributed by atoms with Crippen molar-refractivity contribution in [1.29, 1.82) is 0 Å². The van der Waals surface area contributed by atoms with E-state index in [1.54, 1.807) is 0 Å². The lowest BCUT2D eigenvalue weighted by Crippen LogP contribution is -2.27. The van der Waals surface area contributed by atoms with E-state index in [0.717, 1.165) is 44.9 Å². The van der Waals surface area contributed by atoms with E-state index >= 15 is 0 Å². The minimum Gasteiger partial charge on any atom is -0.298 e. The number of Topliss-reactive ketones (excluding diaryl/α,β-unsaturated/α-hetero) is 1. The van der Waals surface area contributed by atoms with Crippen LogP contribution in [-0.4, -0.2) is 10.6 Å². The fourth-order valence-corrected chi connectivity index (χ4v) is 4.68. The first-order valence-electron chi connectivity index (χ1n) is 8.66. The maximum absolute atomic E-state index is 13.2. The Balaban J connectivity index is 1.63. The Labute approximate surface area is 161 Å². The summed E-state index contributed by atoms with van der Waals surface area (Å²) in [6.07, 6.45) is 18.5. The molecular formula is C20H24BrIO. The number of alkyl halides is 1. The van der Waals surface area contributed by atoms with Gasteiger partial charge < -0.3 is 0 Å². The molecule has 2 atom stereocenters. The molecule has 0 aliphatic heterocycles. The third-order valence-corrected chi connectivity index (χ3v) is 6.87. The Morgan fingerprint density at radius 3 is 2.74 bits per heavy atom. The molecule has 0 spiro atoms.